The molecule has 0 radical (unpaired) electrons. The van der Waals surface area contributed by atoms with Crippen LogP contribution in [0.1, 0.15) is 11.7 Å². The Bertz CT molecular complexity index is 358. The molecule has 6 heteroatoms. The lowest BCUT2D eigenvalue weighted by Gasteiger charge is -2.07. The fourth-order valence-electron chi connectivity index (χ4n) is 0.876. The Balaban J connectivity index is 3.19. The van der Waals surface area contributed by atoms with Gasteiger partial charge in [-0.05, 0) is 62.9 Å². The van der Waals surface area contributed by atoms with E-state index in [1.165, 1.54) is 12.1 Å². The summed E-state index contributed by atoms with van der Waals surface area (Å²) in [7, 11) is 0. The Labute approximate surface area is 107 Å². The molecule has 3 nitrogen and oxygen atoms in total. The molecule has 0 saturated carbocycles. The summed E-state index contributed by atoms with van der Waals surface area (Å²) in [6.07, 6.45) is -1.60. The molecule has 0 aliphatic heterocycles. The normalized spacial score (nSPS) is 12.6. The maximum absolute atomic E-state index is 13.1. The van der Waals surface area contributed by atoms with Crippen molar-refractivity contribution in [1.82, 2.24) is 0 Å². The monoisotopic (exact) mass is 422 g/mol. The number of hydrogen-bond acceptors (Lipinski definition) is 2. The Hall–Kier alpha value is 0.0400. The third kappa shape index (κ3) is 2.54. The molecular weight excluding hydrogens is 417 g/mol. The van der Waals surface area contributed by atoms with Gasteiger partial charge in [-0.1, -0.05) is 0 Å². The molecule has 76 valence electrons. The zero-order valence-electron chi connectivity index (χ0n) is 6.67. The van der Waals surface area contributed by atoms with Crippen molar-refractivity contribution in [2.24, 2.45) is 0 Å². The van der Waals surface area contributed by atoms with Crippen LogP contribution in [0.15, 0.2) is 12.1 Å². The van der Waals surface area contributed by atoms with Gasteiger partial charge in [0, 0.05) is 0 Å². The second-order valence-corrected chi connectivity index (χ2v) is 4.86. The fourth-order valence-corrected chi connectivity index (χ4v) is 2.69. The second-order valence-electron chi connectivity index (χ2n) is 2.54. The Kier molecular flexibility index (Phi) is 4.07. The van der Waals surface area contributed by atoms with Gasteiger partial charge in [-0.25, -0.2) is 9.18 Å². The SMILES string of the molecule is O=C(O)C(O)c1cc(I)c(F)c(I)c1. The fraction of sp³-hybridized carbons (Fsp3) is 0.125. The first-order valence-electron chi connectivity index (χ1n) is 3.48. The summed E-state index contributed by atoms with van der Waals surface area (Å²) in [4.78, 5) is 10.5. The highest BCUT2D eigenvalue weighted by molar-refractivity contribution is 14.1. The molecule has 2 N–H and O–H groups in total. The maximum atomic E-state index is 13.1. The van der Waals surface area contributed by atoms with Crippen LogP contribution in [0.5, 0.6) is 0 Å². The van der Waals surface area contributed by atoms with Crippen LogP contribution < -0.4 is 0 Å². The number of aliphatic hydroxyl groups excluding tert-OH is 1. The van der Waals surface area contributed by atoms with Crippen LogP contribution in [0.3, 0.4) is 0 Å². The predicted molar refractivity (Wildman–Crippen MR) is 64.4 cm³/mol. The van der Waals surface area contributed by atoms with Crippen LogP contribution in [-0.4, -0.2) is 16.2 Å². The highest BCUT2D eigenvalue weighted by Gasteiger charge is 2.18. The van der Waals surface area contributed by atoms with Crippen molar-refractivity contribution in [1.29, 1.82) is 0 Å². The zero-order chi connectivity index (χ0) is 10.9. The number of benzene rings is 1. The number of hydrogen-bond donors (Lipinski definition) is 2. The largest absolute Gasteiger partial charge is 0.479 e. The number of aliphatic carboxylic acids is 1. The van der Waals surface area contributed by atoms with E-state index < -0.39 is 17.9 Å². The van der Waals surface area contributed by atoms with Gasteiger partial charge in [0.1, 0.15) is 5.82 Å². The number of carboxylic acids is 1. The molecule has 1 unspecified atom stereocenters. The summed E-state index contributed by atoms with van der Waals surface area (Å²) in [6.45, 7) is 0. The number of carboxylic acid groups (broad SMARTS) is 1. The van der Waals surface area contributed by atoms with Crippen molar-refractivity contribution in [3.8, 4) is 0 Å². The molecule has 1 aromatic carbocycles. The van der Waals surface area contributed by atoms with Crippen molar-refractivity contribution in [2.45, 2.75) is 6.10 Å². The van der Waals surface area contributed by atoms with Crippen LogP contribution >= 0.6 is 45.2 Å². The van der Waals surface area contributed by atoms with Gasteiger partial charge >= 0.3 is 5.97 Å². The summed E-state index contributed by atoms with van der Waals surface area (Å²) in [5, 5.41) is 17.7. The molecule has 0 aromatic heterocycles. The molecule has 0 aliphatic carbocycles. The molecule has 0 heterocycles. The maximum Gasteiger partial charge on any atom is 0.337 e. The lowest BCUT2D eigenvalue weighted by atomic mass is 10.1. The van der Waals surface area contributed by atoms with E-state index in [0.29, 0.717) is 7.14 Å². The van der Waals surface area contributed by atoms with Crippen LogP contribution in [0.2, 0.25) is 0 Å². The van der Waals surface area contributed by atoms with Crippen LogP contribution in [0.25, 0.3) is 0 Å². The third-order valence-electron chi connectivity index (χ3n) is 1.56. The highest BCUT2D eigenvalue weighted by atomic mass is 127. The van der Waals surface area contributed by atoms with E-state index in [0.717, 1.165) is 0 Å². The molecular formula is C8H5FI2O3. The van der Waals surface area contributed by atoms with Crippen molar-refractivity contribution >= 4 is 51.2 Å². The summed E-state index contributed by atoms with van der Waals surface area (Å²) in [6, 6.07) is 2.63. The highest BCUT2D eigenvalue weighted by Crippen LogP contribution is 2.23. The predicted octanol–water partition coefficient (Wildman–Crippen LogP) is 2.15. The van der Waals surface area contributed by atoms with E-state index in [1.54, 1.807) is 45.2 Å². The smallest absolute Gasteiger partial charge is 0.337 e. The molecule has 1 atom stereocenters. The lowest BCUT2D eigenvalue weighted by molar-refractivity contribution is -0.146. The molecule has 1 rings (SSSR count). The number of aliphatic hydroxyl groups is 1. The molecule has 0 amide bonds. The minimum atomic E-state index is -1.60. The Morgan fingerprint density at radius 3 is 2.14 bits per heavy atom. The molecule has 0 bridgehead atoms. The first-order chi connectivity index (χ1) is 6.43. The molecule has 0 spiro atoms. The van der Waals surface area contributed by atoms with Crippen LogP contribution in [-0.2, 0) is 4.79 Å². The lowest BCUT2D eigenvalue weighted by Crippen LogP contribution is -2.11. The summed E-state index contributed by atoms with van der Waals surface area (Å²) < 4.78 is 13.7. The van der Waals surface area contributed by atoms with E-state index in [9.17, 15) is 14.3 Å². The van der Waals surface area contributed by atoms with Gasteiger partial charge in [-0.3, -0.25) is 0 Å². The summed E-state index contributed by atoms with van der Waals surface area (Å²) >= 11 is 3.50. The van der Waals surface area contributed by atoms with E-state index >= 15 is 0 Å². The minimum Gasteiger partial charge on any atom is -0.479 e. The summed E-state index contributed by atoms with van der Waals surface area (Å²) in [5.74, 6) is -1.74. The molecule has 0 fully saturated rings. The van der Waals surface area contributed by atoms with Gasteiger partial charge in [0.25, 0.3) is 0 Å². The van der Waals surface area contributed by atoms with Crippen LogP contribution in [0.4, 0.5) is 4.39 Å². The summed E-state index contributed by atoms with van der Waals surface area (Å²) in [5.41, 5.74) is 0.188. The molecule has 14 heavy (non-hydrogen) atoms. The third-order valence-corrected chi connectivity index (χ3v) is 3.13. The van der Waals surface area contributed by atoms with Gasteiger partial charge in [-0.2, -0.15) is 0 Å². The zero-order valence-corrected chi connectivity index (χ0v) is 11.0. The van der Waals surface area contributed by atoms with Gasteiger partial charge in [0.2, 0.25) is 0 Å². The standard InChI is InChI=1S/C8H5FI2O3/c9-6-4(10)1-3(2-5(6)11)7(12)8(13)14/h1-2,7,12H,(H,13,14). The van der Waals surface area contributed by atoms with Crippen molar-refractivity contribution < 1.29 is 19.4 Å². The van der Waals surface area contributed by atoms with E-state index in [2.05, 4.69) is 0 Å². The molecule has 0 saturated heterocycles. The van der Waals surface area contributed by atoms with Gasteiger partial charge in [-0.15, -0.1) is 0 Å². The van der Waals surface area contributed by atoms with Gasteiger partial charge in [0.15, 0.2) is 6.10 Å². The van der Waals surface area contributed by atoms with Crippen molar-refractivity contribution in [2.75, 3.05) is 0 Å². The average molecular weight is 422 g/mol. The quantitative estimate of drug-likeness (QED) is 0.568. The molecule has 1 aromatic rings. The van der Waals surface area contributed by atoms with E-state index in [4.69, 9.17) is 5.11 Å². The average Bonchev–Trinajstić information content (AvgIpc) is 2.12. The first-order valence-corrected chi connectivity index (χ1v) is 5.64. The Morgan fingerprint density at radius 2 is 1.79 bits per heavy atom. The van der Waals surface area contributed by atoms with Crippen LogP contribution in [0, 0.1) is 13.0 Å². The van der Waals surface area contributed by atoms with E-state index in [1.807, 2.05) is 0 Å². The first kappa shape index (κ1) is 12.1. The molecule has 0 aliphatic rings. The van der Waals surface area contributed by atoms with E-state index in [-0.39, 0.29) is 5.56 Å². The Morgan fingerprint density at radius 1 is 1.36 bits per heavy atom. The number of carbonyl (C=O) groups is 1. The number of halogens is 3. The second kappa shape index (κ2) is 4.71. The van der Waals surface area contributed by atoms with Crippen molar-refractivity contribution in [3.63, 3.8) is 0 Å². The van der Waals surface area contributed by atoms with Gasteiger partial charge in [0.05, 0.1) is 7.14 Å². The van der Waals surface area contributed by atoms with Gasteiger partial charge < -0.3 is 10.2 Å². The van der Waals surface area contributed by atoms with Crippen molar-refractivity contribution in [3.05, 3.63) is 30.7 Å². The number of rotatable bonds is 2. The minimum absolute atomic E-state index is 0.188. The topological polar surface area (TPSA) is 57.5 Å².